The summed E-state index contributed by atoms with van der Waals surface area (Å²) in [6.45, 7) is 0.820. The fraction of sp³-hybridized carbons (Fsp3) is 0.333. The van der Waals surface area contributed by atoms with Gasteiger partial charge in [-0.2, -0.15) is 0 Å². The van der Waals surface area contributed by atoms with Crippen molar-refractivity contribution in [1.82, 2.24) is 15.3 Å². The van der Waals surface area contributed by atoms with Crippen molar-refractivity contribution in [2.24, 2.45) is 0 Å². The molecule has 5 nitrogen and oxygen atoms in total. The monoisotopic (exact) mass is 231 g/mol. The number of aliphatic carboxylic acids is 1. The van der Waals surface area contributed by atoms with Crippen LogP contribution in [0.2, 0.25) is 0 Å². The number of pyridine rings is 1. The largest absolute Gasteiger partial charge is 0.481 e. The Hall–Kier alpha value is -1.88. The van der Waals surface area contributed by atoms with Gasteiger partial charge >= 0.3 is 5.97 Å². The van der Waals surface area contributed by atoms with Crippen molar-refractivity contribution in [3.05, 3.63) is 29.7 Å². The number of H-pyrrole nitrogens is 1. The first-order valence-electron chi connectivity index (χ1n) is 5.65. The van der Waals surface area contributed by atoms with E-state index in [1.54, 1.807) is 12.4 Å². The molecule has 0 fully saturated rings. The zero-order valence-electron chi connectivity index (χ0n) is 9.23. The molecule has 1 unspecified atom stereocenters. The Kier molecular flexibility index (Phi) is 2.33. The standard InChI is InChI=1S/C12H13N3O2/c16-11(17)5-9-12-8(2-4-14-9)7-1-3-13-6-10(7)15-12/h1,3,6,9,14-15H,2,4-5H2,(H,16,17). The van der Waals surface area contributed by atoms with Crippen LogP contribution in [-0.2, 0) is 11.2 Å². The average Bonchev–Trinajstić information content (AvgIpc) is 2.68. The number of carboxylic acid groups (broad SMARTS) is 1. The molecule has 2 aromatic rings. The third-order valence-corrected chi connectivity index (χ3v) is 3.23. The van der Waals surface area contributed by atoms with Crippen LogP contribution in [0, 0.1) is 0 Å². The zero-order valence-corrected chi connectivity index (χ0v) is 9.23. The summed E-state index contributed by atoms with van der Waals surface area (Å²) >= 11 is 0. The lowest BCUT2D eigenvalue weighted by molar-refractivity contribution is -0.137. The van der Waals surface area contributed by atoms with Crippen LogP contribution in [0.1, 0.15) is 23.7 Å². The molecule has 0 spiro atoms. The number of fused-ring (bicyclic) bond motifs is 3. The minimum atomic E-state index is -0.785. The van der Waals surface area contributed by atoms with Crippen LogP contribution < -0.4 is 5.32 Å². The Balaban J connectivity index is 2.10. The van der Waals surface area contributed by atoms with Gasteiger partial charge in [0.25, 0.3) is 0 Å². The first-order chi connectivity index (χ1) is 8.25. The third-order valence-electron chi connectivity index (χ3n) is 3.23. The fourth-order valence-corrected chi connectivity index (χ4v) is 2.51. The van der Waals surface area contributed by atoms with Gasteiger partial charge in [0.05, 0.1) is 24.2 Å². The summed E-state index contributed by atoms with van der Waals surface area (Å²) in [6, 6.07) is 1.86. The molecule has 5 heteroatoms. The number of carbonyl (C=O) groups is 1. The molecule has 0 aromatic carbocycles. The number of carboxylic acids is 1. The van der Waals surface area contributed by atoms with Crippen LogP contribution in [0.3, 0.4) is 0 Å². The first-order valence-corrected chi connectivity index (χ1v) is 5.65. The van der Waals surface area contributed by atoms with E-state index in [-0.39, 0.29) is 12.5 Å². The molecule has 3 N–H and O–H groups in total. The Labute approximate surface area is 97.9 Å². The number of aromatic amines is 1. The molecule has 3 rings (SSSR count). The summed E-state index contributed by atoms with van der Waals surface area (Å²) in [6.07, 6.45) is 4.58. The van der Waals surface area contributed by atoms with E-state index in [0.717, 1.165) is 29.6 Å². The predicted molar refractivity (Wildman–Crippen MR) is 62.8 cm³/mol. The second-order valence-corrected chi connectivity index (χ2v) is 4.29. The summed E-state index contributed by atoms with van der Waals surface area (Å²) in [7, 11) is 0. The predicted octanol–water partition coefficient (Wildman–Crippen LogP) is 1.22. The van der Waals surface area contributed by atoms with E-state index in [1.165, 1.54) is 5.56 Å². The van der Waals surface area contributed by atoms with E-state index >= 15 is 0 Å². The summed E-state index contributed by atoms with van der Waals surface area (Å²) in [5, 5.41) is 13.3. The topological polar surface area (TPSA) is 78.0 Å². The molecular formula is C12H13N3O2. The van der Waals surface area contributed by atoms with Gasteiger partial charge in [-0.15, -0.1) is 0 Å². The highest BCUT2D eigenvalue weighted by Crippen LogP contribution is 2.30. The van der Waals surface area contributed by atoms with Crippen molar-refractivity contribution in [1.29, 1.82) is 0 Å². The van der Waals surface area contributed by atoms with Crippen molar-refractivity contribution in [3.8, 4) is 0 Å². The van der Waals surface area contributed by atoms with Gasteiger partial charge in [-0.25, -0.2) is 0 Å². The van der Waals surface area contributed by atoms with Crippen molar-refractivity contribution in [2.75, 3.05) is 6.54 Å². The SMILES string of the molecule is O=C(O)CC1NCCc2c1[nH]c1cnccc21. The molecule has 1 aliphatic heterocycles. The van der Waals surface area contributed by atoms with Crippen LogP contribution >= 0.6 is 0 Å². The van der Waals surface area contributed by atoms with Crippen LogP contribution in [0.4, 0.5) is 0 Å². The van der Waals surface area contributed by atoms with E-state index in [9.17, 15) is 4.79 Å². The highest BCUT2D eigenvalue weighted by molar-refractivity contribution is 5.84. The summed E-state index contributed by atoms with van der Waals surface area (Å²) < 4.78 is 0. The van der Waals surface area contributed by atoms with Crippen LogP contribution in [0.5, 0.6) is 0 Å². The third kappa shape index (κ3) is 1.68. The lowest BCUT2D eigenvalue weighted by Gasteiger charge is -2.22. The van der Waals surface area contributed by atoms with E-state index < -0.39 is 5.97 Å². The lowest BCUT2D eigenvalue weighted by Crippen LogP contribution is -2.31. The maximum atomic E-state index is 10.8. The minimum Gasteiger partial charge on any atom is -0.481 e. The molecule has 1 aliphatic rings. The Morgan fingerprint density at radius 2 is 2.47 bits per heavy atom. The van der Waals surface area contributed by atoms with Gasteiger partial charge in [0.15, 0.2) is 0 Å². The van der Waals surface area contributed by atoms with Crippen LogP contribution in [0.15, 0.2) is 18.5 Å². The van der Waals surface area contributed by atoms with E-state index in [4.69, 9.17) is 5.11 Å². The number of hydrogen-bond donors (Lipinski definition) is 3. The molecule has 1 atom stereocenters. The normalized spacial score (nSPS) is 19.2. The first kappa shape index (κ1) is 10.3. The molecule has 0 aliphatic carbocycles. The minimum absolute atomic E-state index is 0.104. The Bertz CT molecular complexity index is 576. The molecule has 2 aromatic heterocycles. The maximum absolute atomic E-state index is 10.8. The number of nitrogens with one attached hydrogen (secondary N) is 2. The summed E-state index contributed by atoms with van der Waals surface area (Å²) in [5.41, 5.74) is 3.21. The van der Waals surface area contributed by atoms with Crippen LogP contribution in [-0.4, -0.2) is 27.6 Å². The summed E-state index contributed by atoms with van der Waals surface area (Å²) in [5.74, 6) is -0.785. The van der Waals surface area contributed by atoms with Gasteiger partial charge in [-0.3, -0.25) is 9.78 Å². The quantitative estimate of drug-likeness (QED) is 0.726. The number of rotatable bonds is 2. The Morgan fingerprint density at radius 3 is 3.29 bits per heavy atom. The number of hydrogen-bond acceptors (Lipinski definition) is 3. The molecule has 0 saturated heterocycles. The van der Waals surface area contributed by atoms with Crippen molar-refractivity contribution >= 4 is 16.9 Å². The van der Waals surface area contributed by atoms with E-state index in [0.29, 0.717) is 0 Å². The highest BCUT2D eigenvalue weighted by atomic mass is 16.4. The number of nitrogens with zero attached hydrogens (tertiary/aromatic N) is 1. The average molecular weight is 231 g/mol. The van der Waals surface area contributed by atoms with E-state index in [2.05, 4.69) is 15.3 Å². The molecule has 3 heterocycles. The van der Waals surface area contributed by atoms with Gasteiger partial charge < -0.3 is 15.4 Å². The molecule has 0 saturated carbocycles. The summed E-state index contributed by atoms with van der Waals surface area (Å²) in [4.78, 5) is 18.2. The smallest absolute Gasteiger partial charge is 0.305 e. The van der Waals surface area contributed by atoms with Gasteiger partial charge in [0.1, 0.15) is 0 Å². The zero-order chi connectivity index (χ0) is 11.8. The second kappa shape index (κ2) is 3.85. The Morgan fingerprint density at radius 1 is 1.59 bits per heavy atom. The van der Waals surface area contributed by atoms with Crippen molar-refractivity contribution < 1.29 is 9.90 Å². The molecule has 0 amide bonds. The number of aromatic nitrogens is 2. The molecule has 0 bridgehead atoms. The molecular weight excluding hydrogens is 218 g/mol. The van der Waals surface area contributed by atoms with Gasteiger partial charge in [0, 0.05) is 17.3 Å². The van der Waals surface area contributed by atoms with Gasteiger partial charge in [0.2, 0.25) is 0 Å². The van der Waals surface area contributed by atoms with Crippen LogP contribution in [0.25, 0.3) is 10.9 Å². The van der Waals surface area contributed by atoms with Gasteiger partial charge in [-0.05, 0) is 24.6 Å². The molecule has 88 valence electrons. The van der Waals surface area contributed by atoms with E-state index in [1.807, 2.05) is 6.07 Å². The second-order valence-electron chi connectivity index (χ2n) is 4.29. The lowest BCUT2D eigenvalue weighted by atomic mass is 9.98. The maximum Gasteiger partial charge on any atom is 0.305 e. The molecule has 17 heavy (non-hydrogen) atoms. The fourth-order valence-electron chi connectivity index (χ4n) is 2.51. The molecule has 0 radical (unpaired) electrons. The van der Waals surface area contributed by atoms with Crippen molar-refractivity contribution in [2.45, 2.75) is 18.9 Å². The van der Waals surface area contributed by atoms with Gasteiger partial charge in [-0.1, -0.05) is 0 Å². The highest BCUT2D eigenvalue weighted by Gasteiger charge is 2.25. The van der Waals surface area contributed by atoms with Crippen molar-refractivity contribution in [3.63, 3.8) is 0 Å².